The number of fused-ring (bicyclic) bond motifs is 2. The largest absolute Gasteiger partial charge is 0.509 e. The zero-order valence-electron chi connectivity index (χ0n) is 20.5. The number of aromatic hydroxyl groups is 2. The topological polar surface area (TPSA) is 60.7 Å². The van der Waals surface area contributed by atoms with Crippen LogP contribution in [-0.4, -0.2) is 30.0 Å². The molecule has 8 heteroatoms. The van der Waals surface area contributed by atoms with Crippen molar-refractivity contribution in [3.8, 4) is 11.5 Å². The van der Waals surface area contributed by atoms with Gasteiger partial charge in [-0.15, -0.1) is 0 Å². The summed E-state index contributed by atoms with van der Waals surface area (Å²) in [6.45, 7) is 7.56. The Morgan fingerprint density at radius 2 is 1.64 bits per heavy atom. The highest BCUT2D eigenvalue weighted by Gasteiger charge is 2.59. The van der Waals surface area contributed by atoms with Crippen LogP contribution in [0.3, 0.4) is 0 Å². The third-order valence-electron chi connectivity index (χ3n) is 8.46. The average Bonchev–Trinajstić information content (AvgIpc) is 2.86. The molecule has 3 aromatic carbocycles. The Morgan fingerprint density at radius 1 is 1.00 bits per heavy atom. The van der Waals surface area contributed by atoms with Gasteiger partial charge in [0.2, 0.25) is 0 Å². The third kappa shape index (κ3) is 3.49. The fraction of sp³-hybridized carbons (Fsp3) is 0.286. The van der Waals surface area contributed by atoms with Crippen LogP contribution in [0.4, 0.5) is 0 Å². The molecule has 2 unspecified atom stereocenters. The van der Waals surface area contributed by atoms with Crippen LogP contribution in [0.1, 0.15) is 57.7 Å². The van der Waals surface area contributed by atoms with Gasteiger partial charge in [0.1, 0.15) is 19.3 Å². The summed E-state index contributed by atoms with van der Waals surface area (Å²) in [5.74, 6) is -0.607. The fourth-order valence-corrected chi connectivity index (χ4v) is 8.04. The number of hydrogen-bond donors (Lipinski definition) is 3. The fourth-order valence-electron chi connectivity index (χ4n) is 6.20. The number of allylic oxidation sites excluding steroid dienone is 2. The van der Waals surface area contributed by atoms with Gasteiger partial charge in [-0.3, -0.25) is 0 Å². The molecule has 0 aromatic heterocycles. The molecule has 0 saturated carbocycles. The number of phenolic OH excluding ortho intramolecular Hbond substituents is 2. The van der Waals surface area contributed by atoms with Gasteiger partial charge in [-0.1, -0.05) is 67.7 Å². The van der Waals surface area contributed by atoms with Crippen molar-refractivity contribution in [1.82, 2.24) is 0 Å². The van der Waals surface area contributed by atoms with E-state index in [2.05, 4.69) is 71.7 Å². The van der Waals surface area contributed by atoms with E-state index in [-0.39, 0.29) is 27.9 Å². The van der Waals surface area contributed by atoms with E-state index in [9.17, 15) is 15.2 Å². The molecule has 1 heterocycles. The first-order chi connectivity index (χ1) is 16.9. The van der Waals surface area contributed by atoms with Gasteiger partial charge >= 0.3 is 6.92 Å². The summed E-state index contributed by atoms with van der Waals surface area (Å²) < 4.78 is 2.04. The highest BCUT2D eigenvalue weighted by Crippen LogP contribution is 2.56. The highest BCUT2D eigenvalue weighted by atomic mass is 79.9. The Balaban J connectivity index is 1.79. The van der Waals surface area contributed by atoms with Crippen LogP contribution in [0.25, 0.3) is 5.57 Å². The van der Waals surface area contributed by atoms with E-state index in [1.54, 1.807) is 0 Å². The summed E-state index contributed by atoms with van der Waals surface area (Å²) in [6, 6.07) is 8.03. The van der Waals surface area contributed by atoms with Gasteiger partial charge in [0.05, 0.1) is 5.02 Å². The van der Waals surface area contributed by atoms with Crippen molar-refractivity contribution in [2.24, 2.45) is 0 Å². The summed E-state index contributed by atoms with van der Waals surface area (Å²) in [5, 5.41) is 32.0. The first kappa shape index (κ1) is 26.0. The molecular formula is C28H25B2Br2ClO3. The zero-order valence-corrected chi connectivity index (χ0v) is 24.4. The van der Waals surface area contributed by atoms with Crippen molar-refractivity contribution in [3.63, 3.8) is 0 Å². The Hall–Kier alpha value is -1.66. The van der Waals surface area contributed by atoms with Crippen molar-refractivity contribution >= 4 is 74.7 Å². The van der Waals surface area contributed by atoms with Gasteiger partial charge in [-0.2, -0.15) is 0 Å². The highest BCUT2D eigenvalue weighted by molar-refractivity contribution is 9.10. The molecule has 1 aliphatic heterocycles. The summed E-state index contributed by atoms with van der Waals surface area (Å²) >= 11 is 14.3. The van der Waals surface area contributed by atoms with Crippen molar-refractivity contribution in [2.75, 3.05) is 0 Å². The van der Waals surface area contributed by atoms with Crippen molar-refractivity contribution < 1.29 is 15.2 Å². The second kappa shape index (κ2) is 8.97. The van der Waals surface area contributed by atoms with Gasteiger partial charge in [0.15, 0.2) is 0 Å². The Labute approximate surface area is 235 Å². The van der Waals surface area contributed by atoms with Gasteiger partial charge in [-0.05, 0) is 108 Å². The number of benzene rings is 3. The molecule has 1 aliphatic carbocycles. The SMILES string of the molecule is [B]c1c(O)c(Cl)c2c(c1O)B(O)C21C=C(c2ccccc2Br)CC(c2c(C)c(C)c(C)c(C)c2Br)C1. The number of rotatable bonds is 2. The quantitative estimate of drug-likeness (QED) is 0.309. The van der Waals surface area contributed by atoms with Crippen LogP contribution < -0.4 is 10.9 Å². The molecule has 2 atom stereocenters. The standard InChI is InChI=1S/C28H25B2Br2ClO3/c1-12-13(2)15(4)24(32)20(14(12)3)17-9-16(18-7-5-6-8-19(18)31)10-28(11-17)21-23(30(28)36)26(34)22(29)27(35)25(21)33/h5-8,10,17,34-36H,9,11H2,1-4H3. The lowest BCUT2D eigenvalue weighted by Gasteiger charge is -2.50. The Kier molecular flexibility index (Phi) is 6.47. The lowest BCUT2D eigenvalue weighted by molar-refractivity contribution is 0.424. The molecule has 36 heavy (non-hydrogen) atoms. The molecule has 3 nitrogen and oxygen atoms in total. The smallest absolute Gasteiger partial charge is 0.343 e. The number of hydrogen-bond acceptors (Lipinski definition) is 3. The Bertz CT molecular complexity index is 1460. The lowest BCUT2D eigenvalue weighted by Crippen LogP contribution is -2.65. The van der Waals surface area contributed by atoms with Crippen LogP contribution in [0, 0.1) is 27.7 Å². The molecule has 0 bridgehead atoms. The zero-order chi connectivity index (χ0) is 26.3. The second-order valence-electron chi connectivity index (χ2n) is 10.1. The Morgan fingerprint density at radius 3 is 2.31 bits per heavy atom. The van der Waals surface area contributed by atoms with Gasteiger partial charge in [0.25, 0.3) is 0 Å². The summed E-state index contributed by atoms with van der Waals surface area (Å²) in [4.78, 5) is 0. The predicted octanol–water partition coefficient (Wildman–Crippen LogP) is 5.95. The number of phenols is 2. The van der Waals surface area contributed by atoms with Gasteiger partial charge < -0.3 is 15.2 Å². The normalized spacial score (nSPS) is 20.8. The van der Waals surface area contributed by atoms with Crippen LogP contribution in [-0.2, 0) is 5.31 Å². The first-order valence-electron chi connectivity index (χ1n) is 11.9. The first-order valence-corrected chi connectivity index (χ1v) is 13.8. The van der Waals surface area contributed by atoms with Crippen molar-refractivity contribution in [2.45, 2.75) is 51.8 Å². The minimum atomic E-state index is -1.01. The maximum Gasteiger partial charge on any atom is 0.343 e. The molecule has 0 fully saturated rings. The van der Waals surface area contributed by atoms with Crippen molar-refractivity contribution in [1.29, 1.82) is 0 Å². The van der Waals surface area contributed by atoms with E-state index in [0.29, 0.717) is 17.4 Å². The van der Waals surface area contributed by atoms with E-state index >= 15 is 0 Å². The van der Waals surface area contributed by atoms with Crippen LogP contribution in [0.15, 0.2) is 39.3 Å². The van der Waals surface area contributed by atoms with E-state index in [1.807, 2.05) is 18.2 Å². The molecule has 1 spiro atoms. The summed E-state index contributed by atoms with van der Waals surface area (Å²) in [5.41, 5.74) is 8.90. The van der Waals surface area contributed by atoms with Gasteiger partial charge in [0, 0.05) is 14.3 Å². The predicted molar refractivity (Wildman–Crippen MR) is 157 cm³/mol. The summed E-state index contributed by atoms with van der Waals surface area (Å²) in [7, 11) is 5.89. The molecule has 0 amide bonds. The maximum atomic E-state index is 11.6. The van der Waals surface area contributed by atoms with E-state index < -0.39 is 12.2 Å². The molecule has 2 radical (unpaired) electrons. The monoisotopic (exact) mass is 624 g/mol. The third-order valence-corrected chi connectivity index (χ3v) is 10.5. The molecule has 5 rings (SSSR count). The lowest BCUT2D eigenvalue weighted by atomic mass is 9.26. The second-order valence-corrected chi connectivity index (χ2v) is 12.2. The average molecular weight is 626 g/mol. The van der Waals surface area contributed by atoms with E-state index in [4.69, 9.17) is 19.4 Å². The molecule has 0 saturated heterocycles. The molecule has 3 aromatic rings. The molecule has 182 valence electrons. The maximum absolute atomic E-state index is 11.6. The minimum absolute atomic E-state index is 0.0465. The van der Waals surface area contributed by atoms with Crippen LogP contribution in [0.2, 0.25) is 5.02 Å². The summed E-state index contributed by atoms with van der Waals surface area (Å²) in [6.07, 6.45) is 3.41. The minimum Gasteiger partial charge on any atom is -0.509 e. The molecule has 2 aliphatic rings. The molecule has 3 N–H and O–H groups in total. The van der Waals surface area contributed by atoms with E-state index in [1.165, 1.54) is 27.8 Å². The number of halogens is 3. The van der Waals surface area contributed by atoms with Gasteiger partial charge in [-0.25, -0.2) is 0 Å². The van der Waals surface area contributed by atoms with Crippen LogP contribution >= 0.6 is 43.5 Å². The molecular weight excluding hydrogens is 601 g/mol. The van der Waals surface area contributed by atoms with Crippen molar-refractivity contribution in [3.05, 3.63) is 83.3 Å². The van der Waals surface area contributed by atoms with Crippen LogP contribution in [0.5, 0.6) is 11.5 Å². The van der Waals surface area contributed by atoms with E-state index in [0.717, 1.165) is 26.5 Å².